The van der Waals surface area contributed by atoms with Crippen LogP contribution in [0.5, 0.6) is 0 Å². The number of anilines is 1. The molecular weight excluding hydrogens is 405 g/mol. The summed E-state index contributed by atoms with van der Waals surface area (Å²) in [5, 5.41) is 4.53. The van der Waals surface area contributed by atoms with Crippen molar-refractivity contribution in [3.05, 3.63) is 28.2 Å². The molecule has 29 heavy (non-hydrogen) atoms. The van der Waals surface area contributed by atoms with Crippen molar-refractivity contribution >= 4 is 34.8 Å². The van der Waals surface area contributed by atoms with Gasteiger partial charge in [0, 0.05) is 38.6 Å². The highest BCUT2D eigenvalue weighted by Gasteiger charge is 2.24. The second-order valence-electron chi connectivity index (χ2n) is 8.58. The number of carbonyl (C=O) groups is 1. The topological polar surface area (TPSA) is 35.6 Å². The molecule has 6 heteroatoms. The Bertz CT molecular complexity index is 654. The Morgan fingerprint density at radius 2 is 1.83 bits per heavy atom. The number of benzene rings is 1. The zero-order valence-corrected chi connectivity index (χ0v) is 19.1. The van der Waals surface area contributed by atoms with Crippen LogP contribution in [-0.4, -0.2) is 49.6 Å². The smallest absolute Gasteiger partial charge is 0.220 e. The zero-order chi connectivity index (χ0) is 20.6. The van der Waals surface area contributed by atoms with Gasteiger partial charge in [0.2, 0.25) is 5.91 Å². The summed E-state index contributed by atoms with van der Waals surface area (Å²) in [4.78, 5) is 16.8. The molecule has 162 valence electrons. The van der Waals surface area contributed by atoms with Gasteiger partial charge in [-0.25, -0.2) is 0 Å². The summed E-state index contributed by atoms with van der Waals surface area (Å²) in [6.45, 7) is 7.45. The molecule has 2 aliphatic rings. The molecule has 1 aliphatic carbocycles. The second kappa shape index (κ2) is 11.4. The number of halogens is 2. The molecule has 1 saturated heterocycles. The largest absolute Gasteiger partial charge is 0.368 e. The van der Waals surface area contributed by atoms with Gasteiger partial charge < -0.3 is 10.2 Å². The van der Waals surface area contributed by atoms with Gasteiger partial charge in [-0.1, -0.05) is 42.6 Å². The van der Waals surface area contributed by atoms with Crippen LogP contribution in [-0.2, 0) is 4.79 Å². The molecule has 0 aromatic heterocycles. The lowest BCUT2D eigenvalue weighted by Crippen LogP contribution is -2.47. The lowest BCUT2D eigenvalue weighted by Gasteiger charge is -2.37. The number of rotatable bonds is 8. The fourth-order valence-electron chi connectivity index (χ4n) is 4.55. The molecule has 0 spiro atoms. The van der Waals surface area contributed by atoms with Gasteiger partial charge in [0.25, 0.3) is 0 Å². The van der Waals surface area contributed by atoms with E-state index in [4.69, 9.17) is 23.2 Å². The van der Waals surface area contributed by atoms with Crippen LogP contribution < -0.4 is 10.2 Å². The molecule has 1 heterocycles. The number of nitrogens with one attached hydrogen (secondary N) is 1. The number of piperazine rings is 1. The van der Waals surface area contributed by atoms with Gasteiger partial charge in [-0.05, 0) is 63.1 Å². The van der Waals surface area contributed by atoms with Gasteiger partial charge in [0.1, 0.15) is 0 Å². The summed E-state index contributed by atoms with van der Waals surface area (Å²) in [6, 6.07) is 6.28. The standard InChI is InChI=1S/C23H35Cl2N3O/c1-2-3-7-22(29)26-19-10-8-18(9-11-19)12-13-27-14-16-28(17-15-27)21-6-4-5-20(24)23(21)25/h4-6,18-19H,2-3,7-17H2,1H3,(H,26,29). The van der Waals surface area contributed by atoms with Gasteiger partial charge in [-0.2, -0.15) is 0 Å². The highest BCUT2D eigenvalue weighted by Crippen LogP contribution is 2.33. The number of nitrogens with zero attached hydrogens (tertiary/aromatic N) is 2. The minimum Gasteiger partial charge on any atom is -0.368 e. The molecule has 4 nitrogen and oxygen atoms in total. The first-order valence-electron chi connectivity index (χ1n) is 11.3. The van der Waals surface area contributed by atoms with Gasteiger partial charge in [0.05, 0.1) is 15.7 Å². The summed E-state index contributed by atoms with van der Waals surface area (Å²) < 4.78 is 0. The molecular formula is C23H35Cl2N3O. The van der Waals surface area contributed by atoms with Crippen molar-refractivity contribution in [3.63, 3.8) is 0 Å². The van der Waals surface area contributed by atoms with E-state index in [1.165, 1.54) is 25.8 Å². The second-order valence-corrected chi connectivity index (χ2v) is 9.36. The Morgan fingerprint density at radius 1 is 1.10 bits per heavy atom. The van der Waals surface area contributed by atoms with Gasteiger partial charge >= 0.3 is 0 Å². The van der Waals surface area contributed by atoms with Crippen LogP contribution in [0.3, 0.4) is 0 Å². The maximum Gasteiger partial charge on any atom is 0.220 e. The Kier molecular flexibility index (Phi) is 8.95. The molecule has 1 saturated carbocycles. The van der Waals surface area contributed by atoms with Crippen LogP contribution in [0.4, 0.5) is 5.69 Å². The molecule has 0 atom stereocenters. The highest BCUT2D eigenvalue weighted by atomic mass is 35.5. The third-order valence-electron chi connectivity index (χ3n) is 6.47. The lowest BCUT2D eigenvalue weighted by molar-refractivity contribution is -0.122. The molecule has 2 fully saturated rings. The van der Waals surface area contributed by atoms with Crippen LogP contribution in [0.1, 0.15) is 58.3 Å². The molecule has 1 aliphatic heterocycles. The molecule has 1 aromatic rings. The van der Waals surface area contributed by atoms with E-state index in [-0.39, 0.29) is 5.91 Å². The van der Waals surface area contributed by atoms with Crippen molar-refractivity contribution in [3.8, 4) is 0 Å². The van der Waals surface area contributed by atoms with Crippen molar-refractivity contribution in [1.29, 1.82) is 0 Å². The fourth-order valence-corrected chi connectivity index (χ4v) is 4.96. The van der Waals surface area contributed by atoms with E-state index in [1.807, 2.05) is 12.1 Å². The van der Waals surface area contributed by atoms with Gasteiger partial charge in [0.15, 0.2) is 0 Å². The highest BCUT2D eigenvalue weighted by molar-refractivity contribution is 6.43. The van der Waals surface area contributed by atoms with E-state index < -0.39 is 0 Å². The summed E-state index contributed by atoms with van der Waals surface area (Å²) in [5.74, 6) is 1.05. The van der Waals surface area contributed by atoms with Crippen LogP contribution in [0, 0.1) is 5.92 Å². The van der Waals surface area contributed by atoms with Crippen molar-refractivity contribution < 1.29 is 4.79 Å². The maximum absolute atomic E-state index is 11.9. The zero-order valence-electron chi connectivity index (χ0n) is 17.6. The maximum atomic E-state index is 11.9. The van der Waals surface area contributed by atoms with Crippen molar-refractivity contribution in [1.82, 2.24) is 10.2 Å². The van der Waals surface area contributed by atoms with Crippen molar-refractivity contribution in [2.75, 3.05) is 37.6 Å². The van der Waals surface area contributed by atoms with Crippen molar-refractivity contribution in [2.24, 2.45) is 5.92 Å². The molecule has 0 unspecified atom stereocenters. The Labute approximate surface area is 185 Å². The van der Waals surface area contributed by atoms with E-state index >= 15 is 0 Å². The third-order valence-corrected chi connectivity index (χ3v) is 7.28. The first kappa shape index (κ1) is 22.7. The fraction of sp³-hybridized carbons (Fsp3) is 0.696. The summed E-state index contributed by atoms with van der Waals surface area (Å²) in [7, 11) is 0. The number of amides is 1. The average molecular weight is 440 g/mol. The third kappa shape index (κ3) is 6.77. The molecule has 0 radical (unpaired) electrons. The van der Waals surface area contributed by atoms with E-state index in [0.29, 0.717) is 22.5 Å². The number of hydrogen-bond acceptors (Lipinski definition) is 3. The van der Waals surface area contributed by atoms with Crippen LogP contribution in [0.2, 0.25) is 10.0 Å². The van der Waals surface area contributed by atoms with Gasteiger partial charge in [-0.3, -0.25) is 9.69 Å². The van der Waals surface area contributed by atoms with Crippen LogP contribution >= 0.6 is 23.2 Å². The first-order chi connectivity index (χ1) is 14.1. The summed E-state index contributed by atoms with van der Waals surface area (Å²) in [6.07, 6.45) is 8.82. The SMILES string of the molecule is CCCCC(=O)NC1CCC(CCN2CCN(c3cccc(Cl)c3Cl)CC2)CC1. The normalized spacial score (nSPS) is 23.2. The Morgan fingerprint density at radius 3 is 2.52 bits per heavy atom. The quantitative estimate of drug-likeness (QED) is 0.590. The number of carbonyl (C=O) groups excluding carboxylic acids is 1. The van der Waals surface area contributed by atoms with Gasteiger partial charge in [-0.15, -0.1) is 0 Å². The lowest BCUT2D eigenvalue weighted by atomic mass is 9.84. The first-order valence-corrected chi connectivity index (χ1v) is 12.0. The monoisotopic (exact) mass is 439 g/mol. The Balaban J connectivity index is 1.33. The minimum atomic E-state index is 0.243. The molecule has 0 bridgehead atoms. The van der Waals surface area contributed by atoms with Crippen LogP contribution in [0.25, 0.3) is 0 Å². The number of unbranched alkanes of at least 4 members (excludes halogenated alkanes) is 1. The van der Waals surface area contributed by atoms with E-state index in [2.05, 4.69) is 28.1 Å². The van der Waals surface area contributed by atoms with E-state index in [1.54, 1.807) is 0 Å². The average Bonchev–Trinajstić information content (AvgIpc) is 2.74. The molecule has 1 aromatic carbocycles. The van der Waals surface area contributed by atoms with E-state index in [0.717, 1.165) is 63.5 Å². The summed E-state index contributed by atoms with van der Waals surface area (Å²) in [5.41, 5.74) is 1.05. The molecule has 1 amide bonds. The summed E-state index contributed by atoms with van der Waals surface area (Å²) >= 11 is 12.5. The van der Waals surface area contributed by atoms with E-state index in [9.17, 15) is 4.79 Å². The predicted octanol–water partition coefficient (Wildman–Crippen LogP) is 5.37. The molecule has 3 rings (SSSR count). The van der Waals surface area contributed by atoms with Crippen molar-refractivity contribution in [2.45, 2.75) is 64.3 Å². The Hall–Kier alpha value is -0.970. The predicted molar refractivity (Wildman–Crippen MR) is 123 cm³/mol. The minimum absolute atomic E-state index is 0.243. The molecule has 1 N–H and O–H groups in total. The number of hydrogen-bond donors (Lipinski definition) is 1. The van der Waals surface area contributed by atoms with Crippen LogP contribution in [0.15, 0.2) is 18.2 Å².